The van der Waals surface area contributed by atoms with Crippen molar-refractivity contribution < 1.29 is 14.4 Å². The van der Waals surface area contributed by atoms with Gasteiger partial charge in [-0.15, -0.1) is 0 Å². The monoisotopic (exact) mass is 345 g/mol. The molecule has 0 saturated heterocycles. The molecule has 1 aromatic carbocycles. The van der Waals surface area contributed by atoms with Gasteiger partial charge in [-0.05, 0) is 24.1 Å². The zero-order valence-electron chi connectivity index (χ0n) is 12.0. The van der Waals surface area contributed by atoms with Crippen molar-refractivity contribution in [3.63, 3.8) is 0 Å². The fourth-order valence-corrected chi connectivity index (χ4v) is 2.49. The van der Waals surface area contributed by atoms with Gasteiger partial charge in [-0.25, -0.2) is 0 Å². The van der Waals surface area contributed by atoms with Crippen molar-refractivity contribution in [1.82, 2.24) is 4.90 Å². The lowest BCUT2D eigenvalue weighted by Gasteiger charge is -2.23. The molecule has 0 radical (unpaired) electrons. The number of hydrogen-bond acceptors (Lipinski definition) is 3. The van der Waals surface area contributed by atoms with Crippen LogP contribution in [0.1, 0.15) is 12.5 Å². The molecule has 3 amide bonds. The number of benzene rings is 1. The molecule has 0 saturated carbocycles. The zero-order valence-corrected chi connectivity index (χ0v) is 13.5. The van der Waals surface area contributed by atoms with Gasteiger partial charge in [0, 0.05) is 16.0 Å². The van der Waals surface area contributed by atoms with Crippen LogP contribution < -0.4 is 11.5 Å². The molecule has 4 N–H and O–H groups in total. The average Bonchev–Trinajstić information content (AvgIpc) is 2.39. The van der Waals surface area contributed by atoms with E-state index in [9.17, 15) is 14.4 Å². The number of nitrogens with two attached hydrogens (primary N) is 2. The maximum Gasteiger partial charge on any atom is 0.237 e. The molecule has 8 heteroatoms. The standard InChI is InChI=1S/C14H17Cl2N3O3/c1-8(4-9-2-3-10(15)5-11(9)16)14(22)19(6-12(17)20)7-13(18)21/h2-3,5,8H,4,6-7H2,1H3,(H2,17,20)(H2,18,21). The van der Waals surface area contributed by atoms with Crippen molar-refractivity contribution in [1.29, 1.82) is 0 Å². The van der Waals surface area contributed by atoms with Gasteiger partial charge in [-0.3, -0.25) is 14.4 Å². The number of carbonyl (C=O) groups excluding carboxylic acids is 3. The number of carbonyl (C=O) groups is 3. The van der Waals surface area contributed by atoms with Crippen LogP contribution in [0.15, 0.2) is 18.2 Å². The molecule has 0 bridgehead atoms. The SMILES string of the molecule is CC(Cc1ccc(Cl)cc1Cl)C(=O)N(CC(N)=O)CC(N)=O. The highest BCUT2D eigenvalue weighted by atomic mass is 35.5. The first kappa shape index (κ1) is 18.3. The lowest BCUT2D eigenvalue weighted by atomic mass is 9.99. The van der Waals surface area contributed by atoms with Gasteiger partial charge in [0.2, 0.25) is 17.7 Å². The van der Waals surface area contributed by atoms with Gasteiger partial charge in [-0.2, -0.15) is 0 Å². The van der Waals surface area contributed by atoms with E-state index in [0.29, 0.717) is 16.5 Å². The Balaban J connectivity index is 2.83. The molecule has 120 valence electrons. The van der Waals surface area contributed by atoms with E-state index < -0.39 is 23.6 Å². The number of rotatable bonds is 7. The number of amides is 3. The molecule has 0 aliphatic heterocycles. The lowest BCUT2D eigenvalue weighted by molar-refractivity contribution is -0.140. The van der Waals surface area contributed by atoms with E-state index in [1.54, 1.807) is 25.1 Å². The highest BCUT2D eigenvalue weighted by Crippen LogP contribution is 2.24. The first-order chi connectivity index (χ1) is 10.2. The smallest absolute Gasteiger partial charge is 0.237 e. The molecule has 0 fully saturated rings. The molecule has 1 rings (SSSR count). The number of halogens is 2. The predicted molar refractivity (Wildman–Crippen MR) is 84.3 cm³/mol. The summed E-state index contributed by atoms with van der Waals surface area (Å²) in [5.41, 5.74) is 10.9. The van der Waals surface area contributed by atoms with Gasteiger partial charge >= 0.3 is 0 Å². The molecular weight excluding hydrogens is 329 g/mol. The van der Waals surface area contributed by atoms with E-state index in [0.717, 1.165) is 10.5 Å². The Morgan fingerprint density at radius 2 is 1.68 bits per heavy atom. The summed E-state index contributed by atoms with van der Waals surface area (Å²) in [6.45, 7) is 0.948. The summed E-state index contributed by atoms with van der Waals surface area (Å²) in [5.74, 6) is -2.33. The summed E-state index contributed by atoms with van der Waals surface area (Å²) in [5, 5.41) is 0.945. The van der Waals surface area contributed by atoms with Crippen molar-refractivity contribution in [2.45, 2.75) is 13.3 Å². The van der Waals surface area contributed by atoms with Crippen LogP contribution in [0.5, 0.6) is 0 Å². The number of nitrogens with zero attached hydrogens (tertiary/aromatic N) is 1. The van der Waals surface area contributed by atoms with Crippen LogP contribution in [0.2, 0.25) is 10.0 Å². The molecule has 6 nitrogen and oxygen atoms in total. The summed E-state index contributed by atoms with van der Waals surface area (Å²) in [4.78, 5) is 35.4. The van der Waals surface area contributed by atoms with Crippen LogP contribution in [-0.2, 0) is 20.8 Å². The third-order valence-electron chi connectivity index (χ3n) is 2.97. The summed E-state index contributed by atoms with van der Waals surface area (Å²) in [6, 6.07) is 4.98. The first-order valence-electron chi connectivity index (χ1n) is 6.50. The van der Waals surface area contributed by atoms with E-state index in [-0.39, 0.29) is 13.1 Å². The normalized spacial score (nSPS) is 11.8. The largest absolute Gasteiger partial charge is 0.368 e. The Morgan fingerprint density at radius 1 is 1.14 bits per heavy atom. The molecule has 0 spiro atoms. The fraction of sp³-hybridized carbons (Fsp3) is 0.357. The fourth-order valence-electron chi connectivity index (χ4n) is 2.00. The molecule has 22 heavy (non-hydrogen) atoms. The second-order valence-corrected chi connectivity index (χ2v) is 5.81. The average molecular weight is 346 g/mol. The van der Waals surface area contributed by atoms with E-state index in [1.807, 2.05) is 0 Å². The van der Waals surface area contributed by atoms with Gasteiger partial charge < -0.3 is 16.4 Å². The molecule has 0 aliphatic carbocycles. The summed E-state index contributed by atoms with van der Waals surface area (Å²) >= 11 is 11.9. The van der Waals surface area contributed by atoms with Crippen LogP contribution in [0.25, 0.3) is 0 Å². The summed E-state index contributed by atoms with van der Waals surface area (Å²) < 4.78 is 0. The Hall–Kier alpha value is -1.79. The van der Waals surface area contributed by atoms with E-state index in [4.69, 9.17) is 34.7 Å². The molecular formula is C14H17Cl2N3O3. The van der Waals surface area contributed by atoms with Crippen molar-refractivity contribution >= 4 is 40.9 Å². The van der Waals surface area contributed by atoms with Crippen LogP contribution in [-0.4, -0.2) is 35.7 Å². The van der Waals surface area contributed by atoms with Crippen LogP contribution in [0.4, 0.5) is 0 Å². The molecule has 1 aromatic rings. The molecule has 0 heterocycles. The van der Waals surface area contributed by atoms with Crippen LogP contribution >= 0.6 is 23.2 Å². The summed E-state index contributed by atoms with van der Waals surface area (Å²) in [7, 11) is 0. The van der Waals surface area contributed by atoms with Crippen LogP contribution in [0, 0.1) is 5.92 Å². The van der Waals surface area contributed by atoms with E-state index >= 15 is 0 Å². The van der Waals surface area contributed by atoms with E-state index in [2.05, 4.69) is 0 Å². The van der Waals surface area contributed by atoms with Crippen molar-refractivity contribution in [3.8, 4) is 0 Å². The highest BCUT2D eigenvalue weighted by Gasteiger charge is 2.24. The molecule has 0 aromatic heterocycles. The van der Waals surface area contributed by atoms with Gasteiger partial charge in [0.1, 0.15) is 0 Å². The van der Waals surface area contributed by atoms with Crippen molar-refractivity contribution in [3.05, 3.63) is 33.8 Å². The Labute approximate surface area is 138 Å². The maximum absolute atomic E-state index is 12.3. The Bertz CT molecular complexity index is 577. The van der Waals surface area contributed by atoms with Crippen molar-refractivity contribution in [2.24, 2.45) is 17.4 Å². The topological polar surface area (TPSA) is 106 Å². The third-order valence-corrected chi connectivity index (χ3v) is 3.55. The minimum atomic E-state index is -0.716. The first-order valence-corrected chi connectivity index (χ1v) is 7.25. The van der Waals surface area contributed by atoms with Gasteiger partial charge in [-0.1, -0.05) is 36.2 Å². The Morgan fingerprint density at radius 3 is 2.14 bits per heavy atom. The minimum absolute atomic E-state index is 0.336. The Kier molecular flexibility index (Phi) is 6.64. The van der Waals surface area contributed by atoms with E-state index in [1.165, 1.54) is 0 Å². The minimum Gasteiger partial charge on any atom is -0.368 e. The molecule has 0 aliphatic rings. The second-order valence-electron chi connectivity index (χ2n) is 4.97. The van der Waals surface area contributed by atoms with Gasteiger partial charge in [0.25, 0.3) is 0 Å². The number of hydrogen-bond donors (Lipinski definition) is 2. The third kappa shape index (κ3) is 5.54. The number of primary amides is 2. The van der Waals surface area contributed by atoms with Gasteiger partial charge in [0.15, 0.2) is 0 Å². The molecule has 1 unspecified atom stereocenters. The quantitative estimate of drug-likeness (QED) is 0.768. The summed E-state index contributed by atoms with van der Waals surface area (Å²) in [6.07, 6.45) is 0.336. The maximum atomic E-state index is 12.3. The van der Waals surface area contributed by atoms with Crippen molar-refractivity contribution in [2.75, 3.05) is 13.1 Å². The zero-order chi connectivity index (χ0) is 16.9. The highest BCUT2D eigenvalue weighted by molar-refractivity contribution is 6.35. The van der Waals surface area contributed by atoms with Crippen LogP contribution in [0.3, 0.4) is 0 Å². The molecule has 1 atom stereocenters. The predicted octanol–water partition coefficient (Wildman–Crippen LogP) is 0.971. The van der Waals surface area contributed by atoms with Gasteiger partial charge in [0.05, 0.1) is 13.1 Å². The second kappa shape index (κ2) is 8.00. The lowest BCUT2D eigenvalue weighted by Crippen LogP contribution is -2.45.